The van der Waals surface area contributed by atoms with Gasteiger partial charge in [-0.05, 0) is 25.5 Å². The van der Waals surface area contributed by atoms with Gasteiger partial charge in [-0.2, -0.15) is 0 Å². The highest BCUT2D eigenvalue weighted by Crippen LogP contribution is 2.30. The number of benzene rings is 1. The first-order valence-electron chi connectivity index (χ1n) is 6.44. The third-order valence-corrected chi connectivity index (χ3v) is 5.62. The monoisotopic (exact) mass is 282 g/mol. The van der Waals surface area contributed by atoms with Crippen LogP contribution in [-0.2, 0) is 19.4 Å². The number of hydrogen-bond donors (Lipinski definition) is 0. The lowest BCUT2D eigenvalue weighted by atomic mass is 10.0. The number of rotatable bonds is 4. The lowest BCUT2D eigenvalue weighted by molar-refractivity contribution is -0.137. The SMILES string of the molecule is CCCC1COC(=O)C1S(=O)(=O)c1ccc(C)cc1. The summed E-state index contributed by atoms with van der Waals surface area (Å²) in [4.78, 5) is 11.9. The Kier molecular flexibility index (Phi) is 3.94. The topological polar surface area (TPSA) is 60.4 Å². The molecule has 0 aliphatic carbocycles. The molecule has 2 rings (SSSR count). The van der Waals surface area contributed by atoms with E-state index in [0.717, 1.165) is 12.0 Å². The fraction of sp³-hybridized carbons (Fsp3) is 0.500. The molecule has 0 spiro atoms. The van der Waals surface area contributed by atoms with E-state index in [2.05, 4.69) is 0 Å². The van der Waals surface area contributed by atoms with Crippen molar-refractivity contribution in [3.05, 3.63) is 29.8 Å². The van der Waals surface area contributed by atoms with Crippen LogP contribution < -0.4 is 0 Å². The van der Waals surface area contributed by atoms with E-state index in [1.807, 2.05) is 13.8 Å². The average Bonchev–Trinajstić information content (AvgIpc) is 2.72. The Labute approximate surface area is 113 Å². The summed E-state index contributed by atoms with van der Waals surface area (Å²) in [5, 5.41) is -1.05. The maximum atomic E-state index is 12.5. The molecule has 5 heteroatoms. The largest absolute Gasteiger partial charge is 0.464 e. The Morgan fingerprint density at radius 1 is 1.26 bits per heavy atom. The smallest absolute Gasteiger partial charge is 0.325 e. The molecule has 1 fully saturated rings. The summed E-state index contributed by atoms with van der Waals surface area (Å²) in [5.41, 5.74) is 0.984. The summed E-state index contributed by atoms with van der Waals surface area (Å²) in [6, 6.07) is 6.59. The molecule has 0 bridgehead atoms. The first-order chi connectivity index (χ1) is 8.96. The van der Waals surface area contributed by atoms with Crippen LogP contribution in [0.3, 0.4) is 0 Å². The minimum atomic E-state index is -3.65. The lowest BCUT2D eigenvalue weighted by Crippen LogP contribution is -2.32. The minimum absolute atomic E-state index is 0.197. The van der Waals surface area contributed by atoms with Crippen molar-refractivity contribution in [2.24, 2.45) is 5.92 Å². The Hall–Kier alpha value is -1.36. The quantitative estimate of drug-likeness (QED) is 0.794. The summed E-state index contributed by atoms with van der Waals surface area (Å²) >= 11 is 0. The molecule has 1 saturated heterocycles. The van der Waals surface area contributed by atoms with Crippen molar-refractivity contribution in [1.29, 1.82) is 0 Å². The van der Waals surface area contributed by atoms with Crippen LogP contribution in [0.5, 0.6) is 0 Å². The fourth-order valence-corrected chi connectivity index (χ4v) is 4.26. The molecule has 0 radical (unpaired) electrons. The standard InChI is InChI=1S/C14H18O4S/c1-3-4-11-9-18-14(15)13(11)19(16,17)12-7-5-10(2)6-8-12/h5-8,11,13H,3-4,9H2,1-2H3. The van der Waals surface area contributed by atoms with E-state index in [1.54, 1.807) is 24.3 Å². The Morgan fingerprint density at radius 3 is 2.47 bits per heavy atom. The molecule has 1 aliphatic rings. The van der Waals surface area contributed by atoms with E-state index < -0.39 is 21.1 Å². The Morgan fingerprint density at radius 2 is 1.89 bits per heavy atom. The molecule has 1 heterocycles. The number of esters is 1. The molecule has 2 unspecified atom stereocenters. The first-order valence-corrected chi connectivity index (χ1v) is 7.98. The van der Waals surface area contributed by atoms with E-state index in [-0.39, 0.29) is 17.4 Å². The highest BCUT2D eigenvalue weighted by Gasteiger charge is 2.46. The van der Waals surface area contributed by atoms with Gasteiger partial charge in [0.1, 0.15) is 0 Å². The van der Waals surface area contributed by atoms with Crippen molar-refractivity contribution >= 4 is 15.8 Å². The zero-order valence-electron chi connectivity index (χ0n) is 11.1. The van der Waals surface area contributed by atoms with Crippen LogP contribution in [0.1, 0.15) is 25.3 Å². The molecule has 1 aromatic rings. The number of hydrogen-bond acceptors (Lipinski definition) is 4. The second-order valence-corrected chi connectivity index (χ2v) is 7.03. The van der Waals surface area contributed by atoms with Crippen molar-refractivity contribution in [3.8, 4) is 0 Å². The van der Waals surface area contributed by atoms with Crippen molar-refractivity contribution in [2.75, 3.05) is 6.61 Å². The zero-order valence-corrected chi connectivity index (χ0v) is 11.9. The molecule has 0 amide bonds. The van der Waals surface area contributed by atoms with Crippen LogP contribution in [0.15, 0.2) is 29.2 Å². The van der Waals surface area contributed by atoms with E-state index in [0.29, 0.717) is 6.42 Å². The molecule has 0 saturated carbocycles. The van der Waals surface area contributed by atoms with Gasteiger partial charge in [-0.3, -0.25) is 4.79 Å². The molecule has 1 aliphatic heterocycles. The molecular weight excluding hydrogens is 264 g/mol. The lowest BCUT2D eigenvalue weighted by Gasteiger charge is -2.15. The van der Waals surface area contributed by atoms with E-state index >= 15 is 0 Å². The maximum absolute atomic E-state index is 12.5. The van der Waals surface area contributed by atoms with E-state index in [1.165, 1.54) is 0 Å². The molecular formula is C14H18O4S. The van der Waals surface area contributed by atoms with Crippen LogP contribution in [0, 0.1) is 12.8 Å². The summed E-state index contributed by atoms with van der Waals surface area (Å²) in [6.45, 7) is 4.07. The van der Waals surface area contributed by atoms with Crippen LogP contribution in [0.25, 0.3) is 0 Å². The maximum Gasteiger partial charge on any atom is 0.325 e. The predicted molar refractivity (Wildman–Crippen MR) is 71.5 cm³/mol. The van der Waals surface area contributed by atoms with Gasteiger partial charge in [0, 0.05) is 5.92 Å². The van der Waals surface area contributed by atoms with Crippen LogP contribution in [0.2, 0.25) is 0 Å². The van der Waals surface area contributed by atoms with Crippen molar-refractivity contribution in [3.63, 3.8) is 0 Å². The molecule has 19 heavy (non-hydrogen) atoms. The number of carbonyl (C=O) groups is 1. The highest BCUT2D eigenvalue weighted by molar-refractivity contribution is 7.92. The Bertz CT molecular complexity index is 560. The number of aryl methyl sites for hydroxylation is 1. The van der Waals surface area contributed by atoms with Crippen LogP contribution in [-0.4, -0.2) is 26.2 Å². The minimum Gasteiger partial charge on any atom is -0.464 e. The second-order valence-electron chi connectivity index (χ2n) is 4.96. The normalized spacial score (nSPS) is 23.4. The van der Waals surface area contributed by atoms with Gasteiger partial charge in [-0.15, -0.1) is 0 Å². The summed E-state index contributed by atoms with van der Waals surface area (Å²) in [5.74, 6) is -0.845. The zero-order chi connectivity index (χ0) is 14.0. The Balaban J connectivity index is 2.37. The van der Waals surface area contributed by atoms with Gasteiger partial charge < -0.3 is 4.74 Å². The molecule has 104 valence electrons. The third-order valence-electron chi connectivity index (χ3n) is 3.44. The van der Waals surface area contributed by atoms with E-state index in [4.69, 9.17) is 4.74 Å². The summed E-state index contributed by atoms with van der Waals surface area (Å²) in [6.07, 6.45) is 1.52. The average molecular weight is 282 g/mol. The predicted octanol–water partition coefficient (Wildman–Crippen LogP) is 2.11. The van der Waals surface area contributed by atoms with Gasteiger partial charge in [0.25, 0.3) is 0 Å². The number of ether oxygens (including phenoxy) is 1. The van der Waals surface area contributed by atoms with Gasteiger partial charge in [-0.1, -0.05) is 31.0 Å². The number of carbonyl (C=O) groups excluding carboxylic acids is 1. The molecule has 4 nitrogen and oxygen atoms in total. The van der Waals surface area contributed by atoms with Crippen LogP contribution in [0.4, 0.5) is 0 Å². The number of sulfone groups is 1. The van der Waals surface area contributed by atoms with E-state index in [9.17, 15) is 13.2 Å². The van der Waals surface area contributed by atoms with Gasteiger partial charge in [0.05, 0.1) is 11.5 Å². The van der Waals surface area contributed by atoms with Crippen molar-refractivity contribution in [2.45, 2.75) is 36.8 Å². The third kappa shape index (κ3) is 2.66. The first kappa shape index (κ1) is 14.1. The van der Waals surface area contributed by atoms with Gasteiger partial charge in [0.2, 0.25) is 0 Å². The summed E-state index contributed by atoms with van der Waals surface area (Å²) < 4.78 is 30.0. The second kappa shape index (κ2) is 5.33. The molecule has 0 aromatic heterocycles. The highest BCUT2D eigenvalue weighted by atomic mass is 32.2. The number of cyclic esters (lactones) is 1. The fourth-order valence-electron chi connectivity index (χ4n) is 2.41. The molecule has 0 N–H and O–H groups in total. The molecule has 1 aromatic carbocycles. The van der Waals surface area contributed by atoms with Gasteiger partial charge in [-0.25, -0.2) is 8.42 Å². The molecule has 2 atom stereocenters. The van der Waals surface area contributed by atoms with Crippen molar-refractivity contribution < 1.29 is 17.9 Å². The summed E-state index contributed by atoms with van der Waals surface area (Å²) in [7, 11) is -3.65. The van der Waals surface area contributed by atoms with Gasteiger partial charge in [0.15, 0.2) is 15.1 Å². The van der Waals surface area contributed by atoms with Crippen LogP contribution >= 0.6 is 0 Å². The van der Waals surface area contributed by atoms with Gasteiger partial charge >= 0.3 is 5.97 Å². The van der Waals surface area contributed by atoms with Crippen molar-refractivity contribution in [1.82, 2.24) is 0 Å².